The number of nitrogens with one attached hydrogen (secondary N) is 2. The van der Waals surface area contributed by atoms with Crippen LogP contribution < -0.4 is 15.5 Å². The van der Waals surface area contributed by atoms with E-state index in [-0.39, 0.29) is 23.7 Å². The lowest BCUT2D eigenvalue weighted by Gasteiger charge is -2.17. The van der Waals surface area contributed by atoms with Crippen molar-refractivity contribution in [3.63, 3.8) is 0 Å². The predicted molar refractivity (Wildman–Crippen MR) is 109 cm³/mol. The molecule has 148 valence electrons. The Hall–Kier alpha value is -3.42. The number of hydrogen-bond donors (Lipinski definition) is 2. The zero-order valence-corrected chi connectivity index (χ0v) is 16.6. The van der Waals surface area contributed by atoms with Crippen LogP contribution in [0.2, 0.25) is 0 Å². The van der Waals surface area contributed by atoms with Crippen LogP contribution in [0.5, 0.6) is 0 Å². The van der Waals surface area contributed by atoms with Crippen molar-refractivity contribution in [2.45, 2.75) is 20.8 Å². The third kappa shape index (κ3) is 4.85. The van der Waals surface area contributed by atoms with E-state index in [0.29, 0.717) is 11.4 Å². The third-order valence-corrected chi connectivity index (χ3v) is 4.27. The first-order valence-electron chi connectivity index (χ1n) is 8.71. The number of carbonyl (C=O) groups excluding carboxylic acids is 2. The Labute approximate surface area is 163 Å². The molecule has 2 amide bonds. The maximum Gasteiger partial charge on any atom is 0.270 e. The highest BCUT2D eigenvalue weighted by atomic mass is 16.6. The Morgan fingerprint density at radius 3 is 2.21 bits per heavy atom. The fraction of sp³-hybridized carbons (Fsp3) is 0.300. The number of nitro groups is 1. The van der Waals surface area contributed by atoms with Crippen LogP contribution in [-0.2, 0) is 4.79 Å². The number of aryl methyl sites for hydroxylation is 3. The van der Waals surface area contributed by atoms with Crippen LogP contribution in [0.25, 0.3) is 0 Å². The van der Waals surface area contributed by atoms with Gasteiger partial charge in [-0.25, -0.2) is 0 Å². The van der Waals surface area contributed by atoms with Crippen LogP contribution in [0.1, 0.15) is 27.0 Å². The van der Waals surface area contributed by atoms with Crippen LogP contribution >= 0.6 is 0 Å². The maximum absolute atomic E-state index is 12.5. The van der Waals surface area contributed by atoms with E-state index in [9.17, 15) is 19.7 Å². The van der Waals surface area contributed by atoms with Gasteiger partial charge in [0.1, 0.15) is 0 Å². The molecule has 2 N–H and O–H groups in total. The Kier molecular flexibility index (Phi) is 6.35. The molecule has 0 radical (unpaired) electrons. The highest BCUT2D eigenvalue weighted by molar-refractivity contribution is 6.03. The maximum atomic E-state index is 12.5. The van der Waals surface area contributed by atoms with Crippen LogP contribution in [0, 0.1) is 30.9 Å². The van der Waals surface area contributed by atoms with Gasteiger partial charge in [0, 0.05) is 37.6 Å². The van der Waals surface area contributed by atoms with Gasteiger partial charge >= 0.3 is 0 Å². The Balaban J connectivity index is 2.13. The minimum atomic E-state index is -0.564. The molecule has 0 unspecified atom stereocenters. The van der Waals surface area contributed by atoms with Gasteiger partial charge in [-0.1, -0.05) is 17.7 Å². The summed E-state index contributed by atoms with van der Waals surface area (Å²) in [6.07, 6.45) is 0. The number of benzene rings is 2. The summed E-state index contributed by atoms with van der Waals surface area (Å²) in [6.45, 7) is 5.54. The highest BCUT2D eigenvalue weighted by Gasteiger charge is 2.19. The lowest BCUT2D eigenvalue weighted by atomic mass is 10.1. The molecule has 0 aliphatic carbocycles. The number of rotatable bonds is 6. The molecule has 2 aromatic carbocycles. The van der Waals surface area contributed by atoms with Crippen molar-refractivity contribution in [2.24, 2.45) is 0 Å². The second kappa shape index (κ2) is 8.51. The Morgan fingerprint density at radius 1 is 1.07 bits per heavy atom. The molecule has 28 heavy (non-hydrogen) atoms. The first-order chi connectivity index (χ1) is 13.1. The molecule has 0 spiro atoms. The van der Waals surface area contributed by atoms with Gasteiger partial charge in [-0.15, -0.1) is 0 Å². The lowest BCUT2D eigenvalue weighted by molar-refractivity contribution is -0.384. The van der Waals surface area contributed by atoms with Crippen LogP contribution in [0.15, 0.2) is 30.3 Å². The summed E-state index contributed by atoms with van der Waals surface area (Å²) in [4.78, 5) is 37.0. The van der Waals surface area contributed by atoms with E-state index < -0.39 is 10.8 Å². The zero-order valence-electron chi connectivity index (χ0n) is 16.6. The Bertz CT molecular complexity index is 915. The number of non-ortho nitro benzene ring substituents is 1. The summed E-state index contributed by atoms with van der Waals surface area (Å²) in [5.74, 6) is -0.930. The topological polar surface area (TPSA) is 105 Å². The van der Waals surface area contributed by atoms with Crippen molar-refractivity contribution < 1.29 is 14.5 Å². The fourth-order valence-electron chi connectivity index (χ4n) is 3.03. The number of nitrogens with zero attached hydrogens (tertiary/aromatic N) is 2. The average Bonchev–Trinajstić information content (AvgIpc) is 2.61. The lowest BCUT2D eigenvalue weighted by Crippen LogP contribution is -2.34. The van der Waals surface area contributed by atoms with Gasteiger partial charge in [0.15, 0.2) is 0 Å². The number of hydrogen-bond acceptors (Lipinski definition) is 5. The van der Waals surface area contributed by atoms with Crippen molar-refractivity contribution >= 4 is 28.9 Å². The van der Waals surface area contributed by atoms with Crippen molar-refractivity contribution in [3.05, 3.63) is 62.7 Å². The van der Waals surface area contributed by atoms with Crippen molar-refractivity contribution in [2.75, 3.05) is 30.9 Å². The van der Waals surface area contributed by atoms with Gasteiger partial charge in [0.2, 0.25) is 5.91 Å². The largest absolute Gasteiger partial charge is 0.377 e. The summed E-state index contributed by atoms with van der Waals surface area (Å²) in [7, 11) is 3.46. The standard InChI is InChI=1S/C20H24N4O4/c1-12-8-13(2)19(14(3)9-12)22-18(25)11-21-20(26)16-10-15(24(27)28)6-7-17(16)23(4)5/h6-10H,11H2,1-5H3,(H,21,26)(H,22,25). The molecule has 0 aromatic heterocycles. The normalized spacial score (nSPS) is 10.3. The van der Waals surface area contributed by atoms with Crippen LogP contribution in [-0.4, -0.2) is 37.4 Å². The first-order valence-corrected chi connectivity index (χ1v) is 8.71. The molecular weight excluding hydrogens is 360 g/mol. The number of nitro benzene ring substituents is 1. The molecule has 0 saturated heterocycles. The molecule has 0 atom stereocenters. The second-order valence-corrected chi connectivity index (χ2v) is 6.86. The zero-order chi connectivity index (χ0) is 21.0. The molecule has 2 rings (SSSR count). The van der Waals surface area contributed by atoms with Gasteiger partial charge in [-0.2, -0.15) is 0 Å². The van der Waals surface area contributed by atoms with Crippen molar-refractivity contribution in [3.8, 4) is 0 Å². The van der Waals surface area contributed by atoms with E-state index in [1.807, 2.05) is 32.9 Å². The Morgan fingerprint density at radius 2 is 1.68 bits per heavy atom. The van der Waals surface area contributed by atoms with Gasteiger partial charge < -0.3 is 15.5 Å². The van der Waals surface area contributed by atoms with Crippen molar-refractivity contribution in [1.29, 1.82) is 0 Å². The highest BCUT2D eigenvalue weighted by Crippen LogP contribution is 2.24. The number of carbonyl (C=O) groups is 2. The average molecular weight is 384 g/mol. The molecule has 0 fully saturated rings. The summed E-state index contributed by atoms with van der Waals surface area (Å²) in [6, 6.07) is 7.98. The SMILES string of the molecule is Cc1cc(C)c(NC(=O)CNC(=O)c2cc([N+](=O)[O-])ccc2N(C)C)c(C)c1. The smallest absolute Gasteiger partial charge is 0.270 e. The molecule has 0 aliphatic heterocycles. The van der Waals surface area contributed by atoms with E-state index in [1.165, 1.54) is 18.2 Å². The molecular formula is C20H24N4O4. The van der Waals surface area contributed by atoms with Crippen LogP contribution in [0.4, 0.5) is 17.1 Å². The van der Waals surface area contributed by atoms with E-state index in [4.69, 9.17) is 0 Å². The number of anilines is 2. The monoisotopic (exact) mass is 384 g/mol. The summed E-state index contributed by atoms with van der Waals surface area (Å²) >= 11 is 0. The van der Waals surface area contributed by atoms with E-state index in [1.54, 1.807) is 19.0 Å². The van der Waals surface area contributed by atoms with E-state index >= 15 is 0 Å². The number of amides is 2. The molecule has 2 aromatic rings. The molecule has 0 saturated carbocycles. The third-order valence-electron chi connectivity index (χ3n) is 4.27. The summed E-state index contributed by atoms with van der Waals surface area (Å²) in [5.41, 5.74) is 4.16. The van der Waals surface area contributed by atoms with Gasteiger partial charge in [0.05, 0.1) is 17.0 Å². The quantitative estimate of drug-likeness (QED) is 0.588. The van der Waals surface area contributed by atoms with Crippen LogP contribution in [0.3, 0.4) is 0 Å². The molecule has 0 bridgehead atoms. The summed E-state index contributed by atoms with van der Waals surface area (Å²) < 4.78 is 0. The molecule has 8 nitrogen and oxygen atoms in total. The minimum absolute atomic E-state index is 0.134. The molecule has 0 heterocycles. The second-order valence-electron chi connectivity index (χ2n) is 6.86. The van der Waals surface area contributed by atoms with Gasteiger partial charge in [-0.3, -0.25) is 19.7 Å². The van der Waals surface area contributed by atoms with Gasteiger partial charge in [0.25, 0.3) is 11.6 Å². The first kappa shape index (κ1) is 20.9. The molecule has 8 heteroatoms. The fourth-order valence-corrected chi connectivity index (χ4v) is 3.03. The predicted octanol–water partition coefficient (Wildman–Crippen LogP) is 2.95. The van der Waals surface area contributed by atoms with Gasteiger partial charge in [-0.05, 0) is 38.0 Å². The van der Waals surface area contributed by atoms with E-state index in [2.05, 4.69) is 10.6 Å². The minimum Gasteiger partial charge on any atom is -0.377 e. The van der Waals surface area contributed by atoms with Crippen molar-refractivity contribution in [1.82, 2.24) is 5.32 Å². The molecule has 0 aliphatic rings. The summed E-state index contributed by atoms with van der Waals surface area (Å²) in [5, 5.41) is 16.3. The van der Waals surface area contributed by atoms with E-state index in [0.717, 1.165) is 16.7 Å².